The summed E-state index contributed by atoms with van der Waals surface area (Å²) in [6, 6.07) is 3.10. The Hall–Kier alpha value is -3.03. The molecule has 1 saturated carbocycles. The molecule has 0 unspecified atom stereocenters. The second-order valence-corrected chi connectivity index (χ2v) is 7.20. The molecule has 2 N–H and O–H groups in total. The normalized spacial score (nSPS) is 24.2. The molecule has 8 heteroatoms. The fourth-order valence-corrected chi connectivity index (χ4v) is 4.09. The van der Waals surface area contributed by atoms with E-state index in [0.717, 1.165) is 18.4 Å². The summed E-state index contributed by atoms with van der Waals surface area (Å²) in [4.78, 5) is 38.2. The van der Waals surface area contributed by atoms with Gasteiger partial charge in [-0.05, 0) is 30.9 Å². The van der Waals surface area contributed by atoms with Crippen molar-refractivity contribution in [2.75, 3.05) is 10.2 Å². The predicted octanol–water partition coefficient (Wildman–Crippen LogP) is 2.50. The number of nitrogens with one attached hydrogen (secondary N) is 1. The van der Waals surface area contributed by atoms with Gasteiger partial charge in [-0.2, -0.15) is 0 Å². The smallest absolute Gasteiger partial charge is 0.354 e. The lowest BCUT2D eigenvalue weighted by atomic mass is 9.80. The number of hydrogen-bond donors (Lipinski definition) is 2. The third-order valence-corrected chi connectivity index (χ3v) is 5.38. The lowest BCUT2D eigenvalue weighted by Crippen LogP contribution is -2.51. The summed E-state index contributed by atoms with van der Waals surface area (Å²) in [6.45, 7) is 3.63. The fourth-order valence-electron chi connectivity index (χ4n) is 4.09. The predicted molar refractivity (Wildman–Crippen MR) is 98.4 cm³/mol. The second kappa shape index (κ2) is 6.61. The number of aromatic carboxylic acids is 1. The molecule has 1 amide bonds. The standard InChI is InChI=1S/C19H21N5O3/c1-10-16(23-19-20-6-3-7-21-19)13-8-14(18(26)27)22-9-15(13)24(11(2)25)17(10)12-4-5-12/h3,6-10,12,16-17H,4-5H2,1-2H3,(H,26,27)(H,20,21,23)/t10-,16-,17-/m1/s1. The van der Waals surface area contributed by atoms with Gasteiger partial charge in [-0.15, -0.1) is 0 Å². The number of anilines is 2. The number of rotatable bonds is 4. The highest BCUT2D eigenvalue weighted by Crippen LogP contribution is 2.49. The zero-order chi connectivity index (χ0) is 19.1. The van der Waals surface area contributed by atoms with Crippen LogP contribution in [0.3, 0.4) is 0 Å². The number of aromatic nitrogens is 3. The summed E-state index contributed by atoms with van der Waals surface area (Å²) in [5, 5.41) is 12.7. The molecule has 8 nitrogen and oxygen atoms in total. The number of carbonyl (C=O) groups excluding carboxylic acids is 1. The maximum atomic E-state index is 12.5. The first-order valence-electron chi connectivity index (χ1n) is 9.04. The Bertz CT molecular complexity index is 884. The average Bonchev–Trinajstić information content (AvgIpc) is 3.48. The van der Waals surface area contributed by atoms with Crippen LogP contribution in [0, 0.1) is 11.8 Å². The van der Waals surface area contributed by atoms with Crippen molar-refractivity contribution < 1.29 is 14.7 Å². The number of hydrogen-bond acceptors (Lipinski definition) is 6. The highest BCUT2D eigenvalue weighted by atomic mass is 16.4. The number of nitrogens with zero attached hydrogens (tertiary/aromatic N) is 4. The molecule has 1 aliphatic heterocycles. The molecule has 0 bridgehead atoms. The number of carbonyl (C=O) groups is 2. The molecule has 0 spiro atoms. The molecule has 27 heavy (non-hydrogen) atoms. The Morgan fingerprint density at radius 3 is 2.52 bits per heavy atom. The van der Waals surface area contributed by atoms with Crippen LogP contribution in [0.1, 0.15) is 48.8 Å². The van der Waals surface area contributed by atoms with E-state index >= 15 is 0 Å². The SMILES string of the molecule is CC(=O)N1c2cnc(C(=O)O)cc2[C@H](Nc2ncccn2)[C@@H](C)[C@@H]1C1CC1. The first-order valence-corrected chi connectivity index (χ1v) is 9.04. The van der Waals surface area contributed by atoms with Crippen LogP contribution >= 0.6 is 0 Å². The van der Waals surface area contributed by atoms with E-state index in [4.69, 9.17) is 0 Å². The van der Waals surface area contributed by atoms with Gasteiger partial charge in [0.1, 0.15) is 5.69 Å². The molecule has 0 aromatic carbocycles. The van der Waals surface area contributed by atoms with Crippen molar-refractivity contribution in [1.29, 1.82) is 0 Å². The van der Waals surface area contributed by atoms with Crippen molar-refractivity contribution in [3.63, 3.8) is 0 Å². The van der Waals surface area contributed by atoms with Crippen molar-refractivity contribution in [2.45, 2.75) is 38.8 Å². The molecule has 0 radical (unpaired) electrons. The van der Waals surface area contributed by atoms with E-state index in [1.54, 1.807) is 36.4 Å². The van der Waals surface area contributed by atoms with E-state index in [1.807, 2.05) is 0 Å². The molecule has 4 rings (SSSR count). The number of fused-ring (bicyclic) bond motifs is 1. The van der Waals surface area contributed by atoms with E-state index in [2.05, 4.69) is 27.2 Å². The van der Waals surface area contributed by atoms with E-state index in [-0.39, 0.29) is 29.6 Å². The highest BCUT2D eigenvalue weighted by molar-refractivity contribution is 5.95. The van der Waals surface area contributed by atoms with Crippen molar-refractivity contribution in [3.05, 3.63) is 42.0 Å². The molecule has 3 atom stereocenters. The first-order chi connectivity index (χ1) is 13.0. The molecule has 2 aliphatic rings. The highest BCUT2D eigenvalue weighted by Gasteiger charge is 2.48. The molecule has 2 aromatic heterocycles. The number of pyridine rings is 1. The minimum Gasteiger partial charge on any atom is -0.477 e. The van der Waals surface area contributed by atoms with Gasteiger partial charge in [0, 0.05) is 36.8 Å². The van der Waals surface area contributed by atoms with Crippen molar-refractivity contribution in [1.82, 2.24) is 15.0 Å². The second-order valence-electron chi connectivity index (χ2n) is 7.20. The molecular formula is C19H21N5O3. The summed E-state index contributed by atoms with van der Waals surface area (Å²) >= 11 is 0. The van der Waals surface area contributed by atoms with Gasteiger partial charge in [0.15, 0.2) is 0 Å². The van der Waals surface area contributed by atoms with Gasteiger partial charge in [0.2, 0.25) is 11.9 Å². The largest absolute Gasteiger partial charge is 0.477 e. The Morgan fingerprint density at radius 2 is 1.93 bits per heavy atom. The van der Waals surface area contributed by atoms with Gasteiger partial charge < -0.3 is 15.3 Å². The minimum absolute atomic E-state index is 0.0358. The average molecular weight is 367 g/mol. The van der Waals surface area contributed by atoms with Crippen LogP contribution in [-0.2, 0) is 4.79 Å². The topological polar surface area (TPSA) is 108 Å². The number of amides is 1. The summed E-state index contributed by atoms with van der Waals surface area (Å²) in [5.41, 5.74) is 1.35. The first kappa shape index (κ1) is 17.4. The maximum Gasteiger partial charge on any atom is 0.354 e. The fraction of sp³-hybridized carbons (Fsp3) is 0.421. The van der Waals surface area contributed by atoms with Crippen LogP contribution in [0.2, 0.25) is 0 Å². The van der Waals surface area contributed by atoms with Gasteiger partial charge in [-0.25, -0.2) is 19.7 Å². The quantitative estimate of drug-likeness (QED) is 0.854. The van der Waals surface area contributed by atoms with Crippen molar-refractivity contribution in [2.24, 2.45) is 11.8 Å². The van der Waals surface area contributed by atoms with Gasteiger partial charge in [-0.3, -0.25) is 4.79 Å². The Labute approximate surface area is 156 Å². The third-order valence-electron chi connectivity index (χ3n) is 5.38. The molecule has 1 fully saturated rings. The van der Waals surface area contributed by atoms with Crippen LogP contribution in [0.15, 0.2) is 30.7 Å². The lowest BCUT2D eigenvalue weighted by Gasteiger charge is -2.45. The van der Waals surface area contributed by atoms with Gasteiger partial charge in [0.25, 0.3) is 0 Å². The number of carboxylic acid groups (broad SMARTS) is 1. The van der Waals surface area contributed by atoms with Crippen LogP contribution in [-0.4, -0.2) is 38.0 Å². The number of carboxylic acids is 1. The van der Waals surface area contributed by atoms with Crippen molar-refractivity contribution >= 4 is 23.5 Å². The summed E-state index contributed by atoms with van der Waals surface area (Å²) < 4.78 is 0. The Kier molecular flexibility index (Phi) is 4.25. The van der Waals surface area contributed by atoms with E-state index in [1.165, 1.54) is 6.20 Å². The van der Waals surface area contributed by atoms with E-state index in [0.29, 0.717) is 17.6 Å². The molecule has 2 aromatic rings. The zero-order valence-electron chi connectivity index (χ0n) is 15.2. The van der Waals surface area contributed by atoms with Gasteiger partial charge >= 0.3 is 5.97 Å². The zero-order valence-corrected chi connectivity index (χ0v) is 15.2. The molecular weight excluding hydrogens is 346 g/mol. The third kappa shape index (κ3) is 3.11. The lowest BCUT2D eigenvalue weighted by molar-refractivity contribution is -0.117. The van der Waals surface area contributed by atoms with E-state index in [9.17, 15) is 14.7 Å². The summed E-state index contributed by atoms with van der Waals surface area (Å²) in [6.07, 6.45) is 6.98. The van der Waals surface area contributed by atoms with Crippen LogP contribution < -0.4 is 10.2 Å². The van der Waals surface area contributed by atoms with Crippen LogP contribution in [0.25, 0.3) is 0 Å². The summed E-state index contributed by atoms with van der Waals surface area (Å²) in [7, 11) is 0. The van der Waals surface area contributed by atoms with Crippen molar-refractivity contribution in [3.8, 4) is 0 Å². The van der Waals surface area contributed by atoms with Crippen LogP contribution in [0.5, 0.6) is 0 Å². The Morgan fingerprint density at radius 1 is 1.22 bits per heavy atom. The van der Waals surface area contributed by atoms with Crippen LogP contribution in [0.4, 0.5) is 11.6 Å². The molecule has 140 valence electrons. The molecule has 0 saturated heterocycles. The maximum absolute atomic E-state index is 12.5. The van der Waals surface area contributed by atoms with Gasteiger partial charge in [-0.1, -0.05) is 6.92 Å². The Balaban J connectivity index is 1.84. The minimum atomic E-state index is -1.10. The summed E-state index contributed by atoms with van der Waals surface area (Å²) in [5.74, 6) is -0.183. The molecule has 1 aliphatic carbocycles. The van der Waals surface area contributed by atoms with E-state index < -0.39 is 5.97 Å². The van der Waals surface area contributed by atoms with Gasteiger partial charge in [0.05, 0.1) is 17.9 Å². The molecule has 3 heterocycles. The monoisotopic (exact) mass is 367 g/mol.